The van der Waals surface area contributed by atoms with Gasteiger partial charge in [0.1, 0.15) is 5.82 Å². The molecule has 0 aliphatic rings. The summed E-state index contributed by atoms with van der Waals surface area (Å²) in [7, 11) is 0. The van der Waals surface area contributed by atoms with E-state index >= 15 is 0 Å². The Morgan fingerprint density at radius 2 is 1.80 bits per heavy atom. The van der Waals surface area contributed by atoms with Gasteiger partial charge in [0.15, 0.2) is 0 Å². The van der Waals surface area contributed by atoms with Crippen molar-refractivity contribution in [3.05, 3.63) is 86.9 Å². The number of aryl methyl sites for hydroxylation is 2. The number of nitrogens with zero attached hydrogens (tertiary/aromatic N) is 1. The van der Waals surface area contributed by atoms with Crippen LogP contribution >= 0.6 is 23.2 Å². The number of carbonyl (C=O) groups excluding carboxylic acids is 1. The Balaban J connectivity index is 1.50. The van der Waals surface area contributed by atoms with Gasteiger partial charge in [0, 0.05) is 12.1 Å². The zero-order valence-corrected chi connectivity index (χ0v) is 18.2. The average molecular weight is 438 g/mol. The highest BCUT2D eigenvalue weighted by molar-refractivity contribution is 6.39. The standard InChI is InChI=1S/C24H21Cl2N3O/c1-14-6-7-15(2)16(12-14)10-11-27-24(30)17-8-9-20-21(13-17)29-23(28-20)22-18(25)4-3-5-19(22)26/h3-9,12-13H,10-11H2,1-2H3,(H,27,30)(H,28,29). The largest absolute Gasteiger partial charge is 0.352 e. The highest BCUT2D eigenvalue weighted by Gasteiger charge is 2.14. The Morgan fingerprint density at radius 1 is 1.03 bits per heavy atom. The zero-order valence-electron chi connectivity index (χ0n) is 16.7. The summed E-state index contributed by atoms with van der Waals surface area (Å²) in [4.78, 5) is 20.4. The van der Waals surface area contributed by atoms with E-state index in [1.54, 1.807) is 30.3 Å². The first-order chi connectivity index (χ1) is 14.4. The lowest BCUT2D eigenvalue weighted by molar-refractivity contribution is 0.0954. The molecule has 0 aliphatic carbocycles. The van der Waals surface area contributed by atoms with Crippen molar-refractivity contribution in [1.29, 1.82) is 0 Å². The molecule has 0 saturated heterocycles. The number of fused-ring (bicyclic) bond motifs is 1. The molecule has 30 heavy (non-hydrogen) atoms. The van der Waals surface area contributed by atoms with E-state index < -0.39 is 0 Å². The van der Waals surface area contributed by atoms with Gasteiger partial charge in [0.05, 0.1) is 26.6 Å². The van der Waals surface area contributed by atoms with Crippen LogP contribution in [0.15, 0.2) is 54.6 Å². The first kappa shape index (κ1) is 20.5. The number of hydrogen-bond acceptors (Lipinski definition) is 2. The van der Waals surface area contributed by atoms with Gasteiger partial charge in [-0.15, -0.1) is 0 Å². The Hall–Kier alpha value is -2.82. The van der Waals surface area contributed by atoms with Gasteiger partial charge < -0.3 is 10.3 Å². The summed E-state index contributed by atoms with van der Waals surface area (Å²) < 4.78 is 0. The maximum Gasteiger partial charge on any atom is 0.251 e. The Bertz CT molecular complexity index is 1230. The lowest BCUT2D eigenvalue weighted by Gasteiger charge is -2.09. The zero-order chi connectivity index (χ0) is 21.3. The van der Waals surface area contributed by atoms with Gasteiger partial charge >= 0.3 is 0 Å². The SMILES string of the molecule is Cc1ccc(C)c(CCNC(=O)c2ccc3nc(-c4c(Cl)cccc4Cl)[nH]c3c2)c1. The van der Waals surface area contributed by atoms with Crippen molar-refractivity contribution in [2.75, 3.05) is 6.54 Å². The molecule has 4 rings (SSSR count). The molecule has 0 aliphatic heterocycles. The monoisotopic (exact) mass is 437 g/mol. The van der Waals surface area contributed by atoms with E-state index in [1.807, 2.05) is 6.07 Å². The Morgan fingerprint density at radius 3 is 2.57 bits per heavy atom. The van der Waals surface area contributed by atoms with Crippen LogP contribution in [0.5, 0.6) is 0 Å². The molecule has 0 unspecified atom stereocenters. The number of hydrogen-bond donors (Lipinski definition) is 2. The summed E-state index contributed by atoms with van der Waals surface area (Å²) in [5.74, 6) is 0.460. The normalized spacial score (nSPS) is 11.1. The molecule has 1 amide bonds. The van der Waals surface area contributed by atoms with Crippen LogP contribution < -0.4 is 5.32 Å². The molecule has 152 valence electrons. The van der Waals surface area contributed by atoms with Gasteiger partial charge in [-0.2, -0.15) is 0 Å². The fourth-order valence-electron chi connectivity index (χ4n) is 3.48. The number of aromatic amines is 1. The lowest BCUT2D eigenvalue weighted by atomic mass is 10.0. The first-order valence-electron chi connectivity index (χ1n) is 9.71. The van der Waals surface area contributed by atoms with Crippen LogP contribution in [0.2, 0.25) is 10.0 Å². The first-order valence-corrected chi connectivity index (χ1v) is 10.5. The van der Waals surface area contributed by atoms with E-state index in [1.165, 1.54) is 16.7 Å². The minimum Gasteiger partial charge on any atom is -0.352 e. The van der Waals surface area contributed by atoms with Gasteiger partial charge in [0.25, 0.3) is 5.91 Å². The molecule has 3 aromatic carbocycles. The van der Waals surface area contributed by atoms with Crippen molar-refractivity contribution < 1.29 is 4.79 Å². The minimum absolute atomic E-state index is 0.117. The van der Waals surface area contributed by atoms with E-state index in [-0.39, 0.29) is 5.91 Å². The molecule has 2 N–H and O–H groups in total. The number of nitrogens with one attached hydrogen (secondary N) is 2. The van der Waals surface area contributed by atoms with Crippen molar-refractivity contribution in [1.82, 2.24) is 15.3 Å². The van der Waals surface area contributed by atoms with E-state index in [9.17, 15) is 4.79 Å². The number of halogens is 2. The second-order valence-electron chi connectivity index (χ2n) is 7.35. The molecule has 0 bridgehead atoms. The van der Waals surface area contributed by atoms with Crippen LogP contribution in [0, 0.1) is 13.8 Å². The number of amides is 1. The highest BCUT2D eigenvalue weighted by Crippen LogP contribution is 2.33. The molecule has 0 atom stereocenters. The Kier molecular flexibility index (Phi) is 5.80. The molecule has 0 saturated carbocycles. The number of benzene rings is 3. The molecule has 1 aromatic heterocycles. The summed E-state index contributed by atoms with van der Waals surface area (Å²) >= 11 is 12.6. The highest BCUT2D eigenvalue weighted by atomic mass is 35.5. The van der Waals surface area contributed by atoms with E-state index in [0.717, 1.165) is 17.5 Å². The van der Waals surface area contributed by atoms with Crippen LogP contribution in [0.1, 0.15) is 27.0 Å². The fourth-order valence-corrected chi connectivity index (χ4v) is 4.05. The third kappa shape index (κ3) is 4.20. The second-order valence-corrected chi connectivity index (χ2v) is 8.16. The molecule has 0 fully saturated rings. The number of imidazole rings is 1. The van der Waals surface area contributed by atoms with E-state index in [2.05, 4.69) is 47.3 Å². The molecule has 1 heterocycles. The fraction of sp³-hybridized carbons (Fsp3) is 0.167. The predicted molar refractivity (Wildman–Crippen MR) is 124 cm³/mol. The smallest absolute Gasteiger partial charge is 0.251 e. The van der Waals surface area contributed by atoms with Crippen molar-refractivity contribution in [3.63, 3.8) is 0 Å². The summed E-state index contributed by atoms with van der Waals surface area (Å²) in [6.45, 7) is 4.74. The molecule has 0 spiro atoms. The molecule has 4 nitrogen and oxygen atoms in total. The van der Waals surface area contributed by atoms with Gasteiger partial charge in [0.2, 0.25) is 0 Å². The van der Waals surface area contributed by atoms with Gasteiger partial charge in [-0.05, 0) is 61.7 Å². The van der Waals surface area contributed by atoms with Gasteiger partial charge in [-0.1, -0.05) is 53.0 Å². The molecular formula is C24H21Cl2N3O. The predicted octanol–water partition coefficient (Wildman–Crippen LogP) is 6.13. The van der Waals surface area contributed by atoms with Gasteiger partial charge in [-0.25, -0.2) is 4.98 Å². The van der Waals surface area contributed by atoms with Crippen LogP contribution in [0.25, 0.3) is 22.4 Å². The molecule has 6 heteroatoms. The van der Waals surface area contributed by atoms with Crippen LogP contribution in [0.4, 0.5) is 0 Å². The molecular weight excluding hydrogens is 417 g/mol. The van der Waals surface area contributed by atoms with Crippen LogP contribution in [-0.4, -0.2) is 22.4 Å². The third-order valence-corrected chi connectivity index (χ3v) is 5.76. The topological polar surface area (TPSA) is 57.8 Å². The summed E-state index contributed by atoms with van der Waals surface area (Å²) in [6.07, 6.45) is 0.792. The van der Waals surface area contributed by atoms with E-state index in [4.69, 9.17) is 23.2 Å². The van der Waals surface area contributed by atoms with Gasteiger partial charge in [-0.3, -0.25) is 4.79 Å². The van der Waals surface area contributed by atoms with Crippen LogP contribution in [-0.2, 0) is 6.42 Å². The Labute approximate surface area is 185 Å². The third-order valence-electron chi connectivity index (χ3n) is 5.13. The number of H-pyrrole nitrogens is 1. The maximum atomic E-state index is 12.6. The van der Waals surface area contributed by atoms with Crippen molar-refractivity contribution in [2.45, 2.75) is 20.3 Å². The lowest BCUT2D eigenvalue weighted by Crippen LogP contribution is -2.25. The summed E-state index contributed by atoms with van der Waals surface area (Å²) in [5.41, 5.74) is 6.43. The van der Waals surface area contributed by atoms with Crippen LogP contribution in [0.3, 0.4) is 0 Å². The minimum atomic E-state index is -0.117. The second kappa shape index (κ2) is 8.50. The van der Waals surface area contributed by atoms with Crippen molar-refractivity contribution in [3.8, 4) is 11.4 Å². The quantitative estimate of drug-likeness (QED) is 0.394. The summed E-state index contributed by atoms with van der Waals surface area (Å²) in [6, 6.07) is 17.1. The number of aromatic nitrogens is 2. The summed E-state index contributed by atoms with van der Waals surface area (Å²) in [5, 5.41) is 4.04. The molecule has 0 radical (unpaired) electrons. The number of rotatable bonds is 5. The maximum absolute atomic E-state index is 12.6. The van der Waals surface area contributed by atoms with Crippen molar-refractivity contribution in [2.24, 2.45) is 0 Å². The molecule has 4 aromatic rings. The van der Waals surface area contributed by atoms with Crippen molar-refractivity contribution >= 4 is 40.1 Å². The van der Waals surface area contributed by atoms with E-state index in [0.29, 0.717) is 33.5 Å². The number of carbonyl (C=O) groups is 1. The average Bonchev–Trinajstić information content (AvgIpc) is 3.13.